The highest BCUT2D eigenvalue weighted by molar-refractivity contribution is 5.95. The van der Waals surface area contributed by atoms with Gasteiger partial charge in [0.05, 0.1) is 42.7 Å². The summed E-state index contributed by atoms with van der Waals surface area (Å²) in [5.41, 5.74) is 3.66. The first-order valence-electron chi connectivity index (χ1n) is 9.31. The molecule has 3 aromatic rings. The lowest BCUT2D eigenvalue weighted by Crippen LogP contribution is -2.31. The molecule has 0 saturated heterocycles. The molecule has 1 amide bonds. The van der Waals surface area contributed by atoms with E-state index >= 15 is 0 Å². The van der Waals surface area contributed by atoms with Crippen LogP contribution in [0.5, 0.6) is 0 Å². The molecule has 0 unspecified atom stereocenters. The number of carbonyl (C=O) groups excluding carboxylic acids is 1. The number of aryl methyl sites for hydroxylation is 2. The molecular formula is C21H20N8O. The van der Waals surface area contributed by atoms with Crippen molar-refractivity contribution in [3.05, 3.63) is 54.0 Å². The maximum Gasteiger partial charge on any atom is 0.252 e. The number of nitriles is 2. The summed E-state index contributed by atoms with van der Waals surface area (Å²) in [4.78, 5) is 21.0. The van der Waals surface area contributed by atoms with Crippen molar-refractivity contribution in [1.29, 1.82) is 10.5 Å². The van der Waals surface area contributed by atoms with Gasteiger partial charge in [-0.2, -0.15) is 15.6 Å². The van der Waals surface area contributed by atoms with E-state index in [1.807, 2.05) is 25.1 Å². The number of nitrogens with one attached hydrogen (secondary N) is 2. The zero-order chi connectivity index (χ0) is 21.5. The largest absolute Gasteiger partial charge is 0.337 e. The third kappa shape index (κ3) is 4.97. The predicted octanol–water partition coefficient (Wildman–Crippen LogP) is 2.95. The summed E-state index contributed by atoms with van der Waals surface area (Å²) in [5.74, 6) is 0.117. The molecule has 0 aliphatic rings. The highest BCUT2D eigenvalue weighted by Crippen LogP contribution is 2.23. The Kier molecular flexibility index (Phi) is 6.36. The summed E-state index contributed by atoms with van der Waals surface area (Å²) < 4.78 is 1.68. The van der Waals surface area contributed by atoms with Crippen molar-refractivity contribution in [2.24, 2.45) is 0 Å². The number of carbonyl (C=O) groups is 1. The number of hydrogen-bond donors (Lipinski definition) is 2. The second kappa shape index (κ2) is 9.30. The van der Waals surface area contributed by atoms with Gasteiger partial charge in [-0.25, -0.2) is 9.97 Å². The van der Waals surface area contributed by atoms with Gasteiger partial charge in [0.1, 0.15) is 6.04 Å². The highest BCUT2D eigenvalue weighted by Gasteiger charge is 2.11. The third-order valence-electron chi connectivity index (χ3n) is 4.28. The summed E-state index contributed by atoms with van der Waals surface area (Å²) >= 11 is 0. The maximum absolute atomic E-state index is 12.1. The predicted molar refractivity (Wildman–Crippen MR) is 110 cm³/mol. The molecule has 2 aromatic heterocycles. The van der Waals surface area contributed by atoms with Crippen LogP contribution in [0.25, 0.3) is 11.3 Å². The zero-order valence-corrected chi connectivity index (χ0v) is 16.6. The van der Waals surface area contributed by atoms with Gasteiger partial charge in [-0.05, 0) is 31.5 Å². The summed E-state index contributed by atoms with van der Waals surface area (Å²) in [5, 5.41) is 27.4. The SMILES string of the molecule is Cc1cnc(Nc2cnn(CCC#N)c2)nc1-c1ccc(C(=O)N[C@@H](C)C#N)cc1. The summed E-state index contributed by atoms with van der Waals surface area (Å²) in [6, 6.07) is 10.5. The fraction of sp³-hybridized carbons (Fsp3) is 0.238. The van der Waals surface area contributed by atoms with E-state index in [0.717, 1.165) is 22.5 Å². The van der Waals surface area contributed by atoms with Gasteiger partial charge in [-0.15, -0.1) is 0 Å². The molecule has 0 aliphatic heterocycles. The van der Waals surface area contributed by atoms with Crippen molar-refractivity contribution < 1.29 is 4.79 Å². The van der Waals surface area contributed by atoms with Gasteiger partial charge < -0.3 is 10.6 Å². The minimum Gasteiger partial charge on any atom is -0.337 e. The van der Waals surface area contributed by atoms with E-state index in [2.05, 4.69) is 31.8 Å². The first-order valence-corrected chi connectivity index (χ1v) is 9.31. The van der Waals surface area contributed by atoms with Gasteiger partial charge in [0, 0.05) is 23.5 Å². The Morgan fingerprint density at radius 3 is 2.70 bits per heavy atom. The van der Waals surface area contributed by atoms with E-state index in [-0.39, 0.29) is 5.91 Å². The second-order valence-electron chi connectivity index (χ2n) is 6.65. The molecule has 3 rings (SSSR count). The molecule has 2 N–H and O–H groups in total. The average molecular weight is 400 g/mol. The Hall–Kier alpha value is -4.24. The van der Waals surface area contributed by atoms with E-state index in [0.29, 0.717) is 24.5 Å². The molecule has 30 heavy (non-hydrogen) atoms. The lowest BCUT2D eigenvalue weighted by atomic mass is 10.1. The summed E-state index contributed by atoms with van der Waals surface area (Å²) in [6.45, 7) is 4.05. The van der Waals surface area contributed by atoms with Crippen LogP contribution in [-0.4, -0.2) is 31.7 Å². The molecule has 0 fully saturated rings. The fourth-order valence-electron chi connectivity index (χ4n) is 2.73. The van der Waals surface area contributed by atoms with Crippen LogP contribution in [0.2, 0.25) is 0 Å². The van der Waals surface area contributed by atoms with Crippen molar-refractivity contribution in [2.45, 2.75) is 32.9 Å². The molecule has 0 aliphatic carbocycles. The molecule has 2 heterocycles. The van der Waals surface area contributed by atoms with Crippen molar-refractivity contribution in [3.63, 3.8) is 0 Å². The molecule has 0 bridgehead atoms. The quantitative estimate of drug-likeness (QED) is 0.623. The number of aromatic nitrogens is 4. The van der Waals surface area contributed by atoms with Gasteiger partial charge in [-0.1, -0.05) is 12.1 Å². The Balaban J connectivity index is 1.77. The van der Waals surface area contributed by atoms with E-state index in [4.69, 9.17) is 10.5 Å². The number of rotatable bonds is 7. The average Bonchev–Trinajstić information content (AvgIpc) is 3.20. The third-order valence-corrected chi connectivity index (χ3v) is 4.28. The van der Waals surface area contributed by atoms with Crippen LogP contribution in [-0.2, 0) is 6.54 Å². The van der Waals surface area contributed by atoms with Gasteiger partial charge in [0.25, 0.3) is 5.91 Å². The Morgan fingerprint density at radius 2 is 2.00 bits per heavy atom. The monoisotopic (exact) mass is 400 g/mol. The van der Waals surface area contributed by atoms with Crippen LogP contribution in [0, 0.1) is 29.6 Å². The first-order chi connectivity index (χ1) is 14.5. The van der Waals surface area contributed by atoms with Crippen molar-refractivity contribution >= 4 is 17.5 Å². The van der Waals surface area contributed by atoms with Crippen LogP contribution in [0.4, 0.5) is 11.6 Å². The first kappa shape index (κ1) is 20.5. The van der Waals surface area contributed by atoms with Crippen LogP contribution in [0.15, 0.2) is 42.9 Å². The van der Waals surface area contributed by atoms with Gasteiger partial charge >= 0.3 is 0 Å². The van der Waals surface area contributed by atoms with Crippen molar-refractivity contribution in [2.75, 3.05) is 5.32 Å². The van der Waals surface area contributed by atoms with Crippen LogP contribution in [0.3, 0.4) is 0 Å². The minimum absolute atomic E-state index is 0.300. The summed E-state index contributed by atoms with van der Waals surface area (Å²) in [6.07, 6.45) is 5.54. The van der Waals surface area contributed by atoms with Crippen molar-refractivity contribution in [1.82, 2.24) is 25.1 Å². The lowest BCUT2D eigenvalue weighted by Gasteiger charge is -2.10. The number of hydrogen-bond acceptors (Lipinski definition) is 7. The molecule has 9 nitrogen and oxygen atoms in total. The topological polar surface area (TPSA) is 132 Å². The normalized spacial score (nSPS) is 11.2. The second-order valence-corrected chi connectivity index (χ2v) is 6.65. The molecule has 0 radical (unpaired) electrons. The van der Waals surface area contributed by atoms with Gasteiger partial charge in [0.15, 0.2) is 0 Å². The van der Waals surface area contributed by atoms with Gasteiger partial charge in [0.2, 0.25) is 5.95 Å². The Labute approximate surface area is 174 Å². The van der Waals surface area contributed by atoms with Crippen molar-refractivity contribution in [3.8, 4) is 23.4 Å². The summed E-state index contributed by atoms with van der Waals surface area (Å²) in [7, 11) is 0. The molecule has 150 valence electrons. The highest BCUT2D eigenvalue weighted by atomic mass is 16.1. The number of amides is 1. The Morgan fingerprint density at radius 1 is 1.23 bits per heavy atom. The molecular weight excluding hydrogens is 380 g/mol. The lowest BCUT2D eigenvalue weighted by molar-refractivity contribution is 0.0948. The van der Waals surface area contributed by atoms with Gasteiger partial charge in [-0.3, -0.25) is 9.48 Å². The maximum atomic E-state index is 12.1. The zero-order valence-electron chi connectivity index (χ0n) is 16.6. The standard InChI is InChI=1S/C21H20N8O/c1-14-11-24-21(27-18-12-25-29(13-18)9-3-8-22)28-19(14)16-4-6-17(7-5-16)20(30)26-15(2)10-23/h4-7,11-13,15H,3,9H2,1-2H3,(H,26,30)(H,24,27,28)/t15-/m0/s1. The van der Waals surface area contributed by atoms with Crippen LogP contribution < -0.4 is 10.6 Å². The molecule has 1 aromatic carbocycles. The van der Waals surface area contributed by atoms with Crippen LogP contribution in [0.1, 0.15) is 29.3 Å². The minimum atomic E-state index is -0.556. The fourth-order valence-corrected chi connectivity index (χ4v) is 2.73. The van der Waals surface area contributed by atoms with E-state index in [1.165, 1.54) is 0 Å². The van der Waals surface area contributed by atoms with E-state index < -0.39 is 6.04 Å². The van der Waals surface area contributed by atoms with E-state index in [1.54, 1.807) is 42.3 Å². The smallest absolute Gasteiger partial charge is 0.252 e. The number of nitrogens with zero attached hydrogens (tertiary/aromatic N) is 6. The number of anilines is 2. The number of benzene rings is 1. The molecule has 9 heteroatoms. The van der Waals surface area contributed by atoms with E-state index in [9.17, 15) is 4.79 Å². The molecule has 0 spiro atoms. The molecule has 0 saturated carbocycles. The Bertz CT molecular complexity index is 1120. The van der Waals surface area contributed by atoms with Crippen LogP contribution >= 0.6 is 0 Å². The molecule has 1 atom stereocenters.